The third-order valence-corrected chi connectivity index (χ3v) is 3.25. The highest BCUT2D eigenvalue weighted by Gasteiger charge is 2.04. The number of rotatable bonds is 6. The van der Waals surface area contributed by atoms with E-state index < -0.39 is 0 Å². The van der Waals surface area contributed by atoms with E-state index in [2.05, 4.69) is 49.7 Å². The molecule has 0 aliphatic carbocycles. The van der Waals surface area contributed by atoms with Crippen molar-refractivity contribution in [1.82, 2.24) is 0 Å². The van der Waals surface area contributed by atoms with Gasteiger partial charge in [0.05, 0.1) is 7.11 Å². The standard InChI is InChI=1S/C20H26O/c1-4-6-8-10-12-18(13-11-9-7-5-2)19-14-16-20(21-3)17-15-19/h14-18H,4-9H2,1-3H3. The van der Waals surface area contributed by atoms with Crippen LogP contribution in [0.3, 0.4) is 0 Å². The van der Waals surface area contributed by atoms with Gasteiger partial charge < -0.3 is 4.74 Å². The summed E-state index contributed by atoms with van der Waals surface area (Å²) in [6, 6.07) is 8.08. The molecule has 0 saturated carbocycles. The molecule has 0 aromatic heterocycles. The first-order valence-electron chi connectivity index (χ1n) is 7.92. The molecule has 0 N–H and O–H groups in total. The monoisotopic (exact) mass is 282 g/mol. The van der Waals surface area contributed by atoms with Crippen molar-refractivity contribution in [2.45, 2.75) is 58.3 Å². The maximum Gasteiger partial charge on any atom is 0.118 e. The molecule has 1 aromatic rings. The fourth-order valence-corrected chi connectivity index (χ4v) is 1.88. The predicted octanol–water partition coefficient (Wildman–Crippen LogP) is 5.17. The predicted molar refractivity (Wildman–Crippen MR) is 90.3 cm³/mol. The average molecular weight is 282 g/mol. The van der Waals surface area contributed by atoms with Crippen LogP contribution >= 0.6 is 0 Å². The quantitative estimate of drug-likeness (QED) is 0.517. The van der Waals surface area contributed by atoms with Crippen LogP contribution < -0.4 is 4.74 Å². The summed E-state index contributed by atoms with van der Waals surface area (Å²) in [4.78, 5) is 0. The molecule has 0 atom stereocenters. The van der Waals surface area contributed by atoms with Gasteiger partial charge >= 0.3 is 0 Å². The molecule has 0 bridgehead atoms. The Morgan fingerprint density at radius 2 is 1.43 bits per heavy atom. The van der Waals surface area contributed by atoms with E-state index in [1.54, 1.807) is 7.11 Å². The van der Waals surface area contributed by atoms with Crippen molar-refractivity contribution in [3.63, 3.8) is 0 Å². The second-order valence-electron chi connectivity index (χ2n) is 5.06. The van der Waals surface area contributed by atoms with Crippen LogP contribution in [-0.2, 0) is 0 Å². The zero-order valence-corrected chi connectivity index (χ0v) is 13.5. The van der Waals surface area contributed by atoms with Gasteiger partial charge in [-0.3, -0.25) is 0 Å². The Morgan fingerprint density at radius 3 is 1.86 bits per heavy atom. The lowest BCUT2D eigenvalue weighted by molar-refractivity contribution is 0.414. The van der Waals surface area contributed by atoms with Gasteiger partial charge in [-0.25, -0.2) is 0 Å². The Balaban J connectivity index is 2.81. The maximum atomic E-state index is 5.20. The molecule has 21 heavy (non-hydrogen) atoms. The van der Waals surface area contributed by atoms with Gasteiger partial charge in [0.15, 0.2) is 0 Å². The Morgan fingerprint density at radius 1 is 0.905 bits per heavy atom. The molecule has 112 valence electrons. The van der Waals surface area contributed by atoms with Gasteiger partial charge in [-0.05, 0) is 30.5 Å². The molecule has 0 aliphatic rings. The van der Waals surface area contributed by atoms with E-state index in [9.17, 15) is 0 Å². The minimum Gasteiger partial charge on any atom is -0.497 e. The van der Waals surface area contributed by atoms with E-state index in [0.717, 1.165) is 37.0 Å². The minimum absolute atomic E-state index is 0.0182. The van der Waals surface area contributed by atoms with Gasteiger partial charge in [0, 0.05) is 12.8 Å². The van der Waals surface area contributed by atoms with Gasteiger partial charge in [0.1, 0.15) is 11.7 Å². The molecule has 1 nitrogen and oxygen atoms in total. The van der Waals surface area contributed by atoms with Crippen molar-refractivity contribution in [2.24, 2.45) is 0 Å². The number of methoxy groups -OCH3 is 1. The Hall–Kier alpha value is -1.86. The fraction of sp³-hybridized carbons (Fsp3) is 0.500. The minimum atomic E-state index is 0.0182. The van der Waals surface area contributed by atoms with E-state index in [1.165, 1.54) is 12.8 Å². The first-order chi connectivity index (χ1) is 10.3. The second kappa shape index (κ2) is 10.9. The summed E-state index contributed by atoms with van der Waals surface area (Å²) in [7, 11) is 1.68. The van der Waals surface area contributed by atoms with Crippen molar-refractivity contribution < 1.29 is 4.74 Å². The van der Waals surface area contributed by atoms with E-state index in [1.807, 2.05) is 12.1 Å². The highest BCUT2D eigenvalue weighted by Crippen LogP contribution is 2.18. The van der Waals surface area contributed by atoms with Crippen LogP contribution in [0.25, 0.3) is 0 Å². The molecule has 0 saturated heterocycles. The van der Waals surface area contributed by atoms with Gasteiger partial charge in [-0.1, -0.05) is 50.7 Å². The van der Waals surface area contributed by atoms with Gasteiger partial charge in [0.2, 0.25) is 0 Å². The summed E-state index contributed by atoms with van der Waals surface area (Å²) in [5.74, 6) is 14.1. The zero-order chi connectivity index (χ0) is 15.3. The summed E-state index contributed by atoms with van der Waals surface area (Å²) in [6.07, 6.45) is 6.60. The van der Waals surface area contributed by atoms with E-state index in [0.29, 0.717) is 0 Å². The van der Waals surface area contributed by atoms with Crippen LogP contribution in [0.1, 0.15) is 63.9 Å². The van der Waals surface area contributed by atoms with Crippen molar-refractivity contribution in [2.75, 3.05) is 7.11 Å². The van der Waals surface area contributed by atoms with Crippen LogP contribution in [-0.4, -0.2) is 7.11 Å². The topological polar surface area (TPSA) is 9.23 Å². The van der Waals surface area contributed by atoms with E-state index in [-0.39, 0.29) is 5.92 Å². The smallest absolute Gasteiger partial charge is 0.118 e. The van der Waals surface area contributed by atoms with Gasteiger partial charge in [-0.15, -0.1) is 11.8 Å². The Bertz CT molecular complexity index is 479. The molecule has 0 aliphatic heterocycles. The Kier molecular flexibility index (Phi) is 8.90. The third-order valence-electron chi connectivity index (χ3n) is 3.25. The number of ether oxygens (including phenoxy) is 1. The zero-order valence-electron chi connectivity index (χ0n) is 13.5. The van der Waals surface area contributed by atoms with Crippen LogP contribution in [0.5, 0.6) is 5.75 Å². The summed E-state index contributed by atoms with van der Waals surface area (Å²) < 4.78 is 5.20. The van der Waals surface area contributed by atoms with Crippen LogP contribution in [0.2, 0.25) is 0 Å². The lowest BCUT2D eigenvalue weighted by Gasteiger charge is -2.05. The number of hydrogen-bond donors (Lipinski definition) is 0. The second-order valence-corrected chi connectivity index (χ2v) is 5.06. The average Bonchev–Trinajstić information content (AvgIpc) is 2.53. The number of benzene rings is 1. The van der Waals surface area contributed by atoms with E-state index in [4.69, 9.17) is 4.74 Å². The Labute approximate surface area is 130 Å². The molecule has 0 fully saturated rings. The molecule has 1 heteroatoms. The van der Waals surface area contributed by atoms with Gasteiger partial charge in [0.25, 0.3) is 0 Å². The van der Waals surface area contributed by atoms with Crippen molar-refractivity contribution in [3.8, 4) is 29.4 Å². The number of unbranched alkanes of at least 4 members (excludes halogenated alkanes) is 4. The highest BCUT2D eigenvalue weighted by atomic mass is 16.5. The van der Waals surface area contributed by atoms with Crippen molar-refractivity contribution in [3.05, 3.63) is 29.8 Å². The molecule has 0 amide bonds. The molecular formula is C20H26O. The molecule has 1 rings (SSSR count). The summed E-state index contributed by atoms with van der Waals surface area (Å²) in [6.45, 7) is 4.38. The third kappa shape index (κ3) is 6.92. The summed E-state index contributed by atoms with van der Waals surface area (Å²) in [5.41, 5.74) is 1.16. The molecule has 0 radical (unpaired) electrons. The maximum absolute atomic E-state index is 5.20. The first kappa shape index (κ1) is 17.2. The largest absolute Gasteiger partial charge is 0.497 e. The molecular weight excluding hydrogens is 256 g/mol. The van der Waals surface area contributed by atoms with Crippen LogP contribution in [0.4, 0.5) is 0 Å². The van der Waals surface area contributed by atoms with Crippen molar-refractivity contribution in [1.29, 1.82) is 0 Å². The first-order valence-corrected chi connectivity index (χ1v) is 7.92. The molecule has 0 heterocycles. The van der Waals surface area contributed by atoms with Gasteiger partial charge in [-0.2, -0.15) is 0 Å². The molecule has 0 unspecified atom stereocenters. The molecule has 1 aromatic carbocycles. The van der Waals surface area contributed by atoms with Crippen LogP contribution in [0.15, 0.2) is 24.3 Å². The lowest BCUT2D eigenvalue weighted by atomic mass is 9.99. The van der Waals surface area contributed by atoms with Crippen molar-refractivity contribution >= 4 is 0 Å². The van der Waals surface area contributed by atoms with Crippen LogP contribution in [0, 0.1) is 23.7 Å². The summed E-state index contributed by atoms with van der Waals surface area (Å²) >= 11 is 0. The van der Waals surface area contributed by atoms with E-state index >= 15 is 0 Å². The fourth-order valence-electron chi connectivity index (χ4n) is 1.88. The number of hydrogen-bond acceptors (Lipinski definition) is 1. The normalized spacial score (nSPS) is 9.52. The SMILES string of the molecule is CCCCC#CC(C#CCCCC)c1ccc(OC)cc1. The molecule has 0 spiro atoms. The highest BCUT2D eigenvalue weighted by molar-refractivity contribution is 5.39. The lowest BCUT2D eigenvalue weighted by Crippen LogP contribution is -1.93. The summed E-state index contributed by atoms with van der Waals surface area (Å²) in [5, 5.41) is 0.